The van der Waals surface area contributed by atoms with Crippen LogP contribution in [0.1, 0.15) is 15.9 Å². The molecule has 0 aliphatic heterocycles. The topological polar surface area (TPSA) is 42.0 Å². The first-order valence-electron chi connectivity index (χ1n) is 8.69. The number of nitrogens with zero attached hydrogens (tertiary/aromatic N) is 1. The number of carbonyl (C=O) groups excluding carboxylic acids is 1. The number of amides is 1. The van der Waals surface area contributed by atoms with Crippen molar-refractivity contribution in [3.8, 4) is 21.8 Å². The molecule has 0 unspecified atom stereocenters. The third-order valence-electron chi connectivity index (χ3n) is 4.33. The second-order valence-electron chi connectivity index (χ2n) is 6.25. The molecule has 0 aliphatic rings. The van der Waals surface area contributed by atoms with Gasteiger partial charge >= 0.3 is 0 Å². The van der Waals surface area contributed by atoms with Gasteiger partial charge < -0.3 is 5.32 Å². The Morgan fingerprint density at radius 2 is 1.63 bits per heavy atom. The van der Waals surface area contributed by atoms with Gasteiger partial charge in [-0.15, -0.1) is 11.3 Å². The van der Waals surface area contributed by atoms with Crippen LogP contribution in [0.25, 0.3) is 21.8 Å². The molecule has 0 bridgehead atoms. The van der Waals surface area contributed by atoms with Crippen LogP contribution >= 0.6 is 11.3 Å². The highest BCUT2D eigenvalue weighted by Gasteiger charge is 2.10. The van der Waals surface area contributed by atoms with Crippen molar-refractivity contribution < 1.29 is 4.79 Å². The van der Waals surface area contributed by atoms with E-state index in [9.17, 15) is 4.79 Å². The largest absolute Gasteiger partial charge is 0.322 e. The van der Waals surface area contributed by atoms with E-state index in [4.69, 9.17) is 4.98 Å². The van der Waals surface area contributed by atoms with Crippen LogP contribution in [0, 0.1) is 6.92 Å². The standard InChI is InChI=1S/C23H18N2OS/c1-16-8-5-6-13-20(16)22(26)24-19-12-7-11-18(14-19)21-15-27-23(25-21)17-9-3-2-4-10-17/h2-15H,1H3,(H,24,26). The summed E-state index contributed by atoms with van der Waals surface area (Å²) in [6, 6.07) is 25.5. The first kappa shape index (κ1) is 17.2. The third-order valence-corrected chi connectivity index (χ3v) is 5.22. The number of benzene rings is 3. The number of aromatic nitrogens is 1. The summed E-state index contributed by atoms with van der Waals surface area (Å²) < 4.78 is 0. The maximum absolute atomic E-state index is 12.5. The number of nitrogens with one attached hydrogen (secondary N) is 1. The molecule has 3 nitrogen and oxygen atoms in total. The zero-order valence-electron chi connectivity index (χ0n) is 14.8. The lowest BCUT2D eigenvalue weighted by atomic mass is 10.1. The molecule has 0 spiro atoms. The van der Waals surface area contributed by atoms with E-state index in [0.29, 0.717) is 5.56 Å². The number of hydrogen-bond acceptors (Lipinski definition) is 3. The minimum atomic E-state index is -0.103. The molecule has 0 saturated heterocycles. The number of aryl methyl sites for hydroxylation is 1. The first-order chi connectivity index (χ1) is 13.2. The normalized spacial score (nSPS) is 10.6. The lowest BCUT2D eigenvalue weighted by molar-refractivity contribution is 0.102. The highest BCUT2D eigenvalue weighted by molar-refractivity contribution is 7.13. The molecule has 3 aromatic carbocycles. The van der Waals surface area contributed by atoms with Gasteiger partial charge in [0.05, 0.1) is 5.69 Å². The number of carbonyl (C=O) groups is 1. The van der Waals surface area contributed by atoms with Crippen LogP contribution in [0.3, 0.4) is 0 Å². The van der Waals surface area contributed by atoms with Crippen LogP contribution in [0.5, 0.6) is 0 Å². The van der Waals surface area contributed by atoms with Gasteiger partial charge in [0.25, 0.3) is 5.91 Å². The van der Waals surface area contributed by atoms with E-state index in [1.807, 2.05) is 79.0 Å². The summed E-state index contributed by atoms with van der Waals surface area (Å²) in [5, 5.41) is 6.02. The maximum Gasteiger partial charge on any atom is 0.255 e. The van der Waals surface area contributed by atoms with Crippen LogP contribution in [0.15, 0.2) is 84.2 Å². The molecule has 1 amide bonds. The Morgan fingerprint density at radius 3 is 2.44 bits per heavy atom. The molecule has 4 heteroatoms. The minimum absolute atomic E-state index is 0.103. The fraction of sp³-hybridized carbons (Fsp3) is 0.0435. The van der Waals surface area contributed by atoms with Crippen molar-refractivity contribution in [1.29, 1.82) is 0 Å². The van der Waals surface area contributed by atoms with Gasteiger partial charge in [0, 0.05) is 27.8 Å². The first-order valence-corrected chi connectivity index (χ1v) is 9.57. The van der Waals surface area contributed by atoms with Gasteiger partial charge in [0.2, 0.25) is 0 Å². The zero-order chi connectivity index (χ0) is 18.6. The minimum Gasteiger partial charge on any atom is -0.322 e. The third kappa shape index (κ3) is 3.81. The summed E-state index contributed by atoms with van der Waals surface area (Å²) in [5.74, 6) is -0.103. The predicted octanol–water partition coefficient (Wildman–Crippen LogP) is 6.04. The Balaban J connectivity index is 1.57. The van der Waals surface area contributed by atoms with Crippen molar-refractivity contribution in [2.75, 3.05) is 5.32 Å². The van der Waals surface area contributed by atoms with Crippen molar-refractivity contribution in [3.63, 3.8) is 0 Å². The fourth-order valence-electron chi connectivity index (χ4n) is 2.90. The Labute approximate surface area is 162 Å². The Hall–Kier alpha value is -3.24. The van der Waals surface area contributed by atoms with E-state index in [-0.39, 0.29) is 5.91 Å². The van der Waals surface area contributed by atoms with Gasteiger partial charge in [0.15, 0.2) is 0 Å². The molecule has 27 heavy (non-hydrogen) atoms. The van der Waals surface area contributed by atoms with Crippen molar-refractivity contribution in [2.24, 2.45) is 0 Å². The molecular weight excluding hydrogens is 352 g/mol. The van der Waals surface area contributed by atoms with E-state index < -0.39 is 0 Å². The maximum atomic E-state index is 12.5. The molecule has 0 fully saturated rings. The quantitative estimate of drug-likeness (QED) is 0.476. The van der Waals surface area contributed by atoms with Crippen molar-refractivity contribution in [3.05, 3.63) is 95.4 Å². The van der Waals surface area contributed by atoms with Crippen LogP contribution in [0.2, 0.25) is 0 Å². The second kappa shape index (κ2) is 7.56. The van der Waals surface area contributed by atoms with E-state index in [1.165, 1.54) is 0 Å². The van der Waals surface area contributed by atoms with Crippen molar-refractivity contribution >= 4 is 22.9 Å². The average Bonchev–Trinajstić information content (AvgIpc) is 3.19. The van der Waals surface area contributed by atoms with Gasteiger partial charge in [0.1, 0.15) is 5.01 Å². The van der Waals surface area contributed by atoms with E-state index >= 15 is 0 Å². The SMILES string of the molecule is Cc1ccccc1C(=O)Nc1cccc(-c2csc(-c3ccccc3)n2)c1. The molecule has 1 heterocycles. The van der Waals surface area contributed by atoms with Gasteiger partial charge in [-0.3, -0.25) is 4.79 Å². The molecular formula is C23H18N2OS. The van der Waals surface area contributed by atoms with Gasteiger partial charge in [-0.05, 0) is 30.7 Å². The number of hydrogen-bond donors (Lipinski definition) is 1. The highest BCUT2D eigenvalue weighted by atomic mass is 32.1. The van der Waals surface area contributed by atoms with E-state index in [0.717, 1.165) is 33.1 Å². The molecule has 4 aromatic rings. The molecule has 0 saturated carbocycles. The van der Waals surface area contributed by atoms with Gasteiger partial charge in [-0.2, -0.15) is 0 Å². The summed E-state index contributed by atoms with van der Waals surface area (Å²) >= 11 is 1.62. The molecule has 4 rings (SSSR count). The predicted molar refractivity (Wildman–Crippen MR) is 112 cm³/mol. The smallest absolute Gasteiger partial charge is 0.255 e. The monoisotopic (exact) mass is 370 g/mol. The summed E-state index contributed by atoms with van der Waals surface area (Å²) in [5.41, 5.74) is 5.40. The molecule has 1 N–H and O–H groups in total. The summed E-state index contributed by atoms with van der Waals surface area (Å²) in [6.45, 7) is 1.94. The number of rotatable bonds is 4. The van der Waals surface area contributed by atoms with Crippen LogP contribution in [-0.4, -0.2) is 10.9 Å². The Bertz CT molecular complexity index is 1090. The van der Waals surface area contributed by atoms with Crippen molar-refractivity contribution in [2.45, 2.75) is 6.92 Å². The number of anilines is 1. The lowest BCUT2D eigenvalue weighted by Crippen LogP contribution is -2.13. The van der Waals surface area contributed by atoms with Crippen molar-refractivity contribution in [1.82, 2.24) is 4.98 Å². The lowest BCUT2D eigenvalue weighted by Gasteiger charge is -2.08. The summed E-state index contributed by atoms with van der Waals surface area (Å²) in [4.78, 5) is 17.3. The fourth-order valence-corrected chi connectivity index (χ4v) is 3.74. The van der Waals surface area contributed by atoms with Crippen LogP contribution in [0.4, 0.5) is 5.69 Å². The molecule has 0 aliphatic carbocycles. The van der Waals surface area contributed by atoms with E-state index in [2.05, 4.69) is 17.4 Å². The molecule has 0 radical (unpaired) electrons. The summed E-state index contributed by atoms with van der Waals surface area (Å²) in [7, 11) is 0. The van der Waals surface area contributed by atoms with Crippen LogP contribution < -0.4 is 5.32 Å². The molecule has 0 atom stereocenters. The Kier molecular flexibility index (Phi) is 4.81. The number of thiazole rings is 1. The highest BCUT2D eigenvalue weighted by Crippen LogP contribution is 2.30. The average molecular weight is 370 g/mol. The zero-order valence-corrected chi connectivity index (χ0v) is 15.7. The van der Waals surface area contributed by atoms with Crippen LogP contribution in [-0.2, 0) is 0 Å². The van der Waals surface area contributed by atoms with E-state index in [1.54, 1.807) is 11.3 Å². The molecule has 1 aromatic heterocycles. The second-order valence-corrected chi connectivity index (χ2v) is 7.11. The van der Waals surface area contributed by atoms with Gasteiger partial charge in [-0.25, -0.2) is 4.98 Å². The van der Waals surface area contributed by atoms with Gasteiger partial charge in [-0.1, -0.05) is 60.7 Å². The molecule has 132 valence electrons. The summed E-state index contributed by atoms with van der Waals surface area (Å²) in [6.07, 6.45) is 0. The Morgan fingerprint density at radius 1 is 0.889 bits per heavy atom.